The number of hydrogen-bond acceptors (Lipinski definition) is 7. The molecule has 2 heterocycles. The molecule has 1 fully saturated rings. The van der Waals surface area contributed by atoms with Crippen LogP contribution in [-0.2, 0) is 16.1 Å². The van der Waals surface area contributed by atoms with E-state index in [2.05, 4.69) is 20.0 Å². The van der Waals surface area contributed by atoms with E-state index in [9.17, 15) is 18.8 Å². The predicted molar refractivity (Wildman–Crippen MR) is 119 cm³/mol. The summed E-state index contributed by atoms with van der Waals surface area (Å²) in [5.41, 5.74) is 3.30. The van der Waals surface area contributed by atoms with E-state index in [0.717, 1.165) is 0 Å². The number of aromatic nitrogens is 2. The summed E-state index contributed by atoms with van der Waals surface area (Å²) in [5, 5.41) is 5.33. The summed E-state index contributed by atoms with van der Waals surface area (Å²) < 4.78 is 24.1. The first kappa shape index (κ1) is 22.3. The normalized spacial score (nSPS) is 15.3. The Morgan fingerprint density at radius 3 is 2.67 bits per heavy atom. The zero-order valence-corrected chi connectivity index (χ0v) is 18.4. The molecule has 1 aliphatic rings. The van der Waals surface area contributed by atoms with Gasteiger partial charge in [0.2, 0.25) is 5.91 Å². The molecule has 2 N–H and O–H groups in total. The van der Waals surface area contributed by atoms with E-state index in [1.807, 2.05) is 0 Å². The zero-order chi connectivity index (χ0) is 23.4. The predicted octanol–water partition coefficient (Wildman–Crippen LogP) is 2.74. The van der Waals surface area contributed by atoms with E-state index in [-0.39, 0.29) is 31.4 Å². The number of nitrogens with one attached hydrogen (secondary N) is 2. The first-order valence-corrected chi connectivity index (χ1v) is 10.9. The Labute approximate surface area is 192 Å². The minimum atomic E-state index is -0.597. The summed E-state index contributed by atoms with van der Waals surface area (Å²) in [6.07, 6.45) is -1.10. The fourth-order valence-electron chi connectivity index (χ4n) is 3.34. The molecule has 33 heavy (non-hydrogen) atoms. The summed E-state index contributed by atoms with van der Waals surface area (Å²) in [4.78, 5) is 40.8. The molecule has 1 aromatic heterocycles. The molecular formula is C22H20FN5O4S. The van der Waals surface area contributed by atoms with Crippen molar-refractivity contribution in [1.29, 1.82) is 0 Å². The molecule has 11 heteroatoms. The van der Waals surface area contributed by atoms with Crippen molar-refractivity contribution in [2.75, 3.05) is 18.0 Å². The van der Waals surface area contributed by atoms with Crippen LogP contribution in [0.2, 0.25) is 0 Å². The van der Waals surface area contributed by atoms with Crippen LogP contribution in [0.25, 0.3) is 11.1 Å². The number of nitrogens with zero attached hydrogens (tertiary/aromatic N) is 3. The molecule has 1 saturated heterocycles. The lowest BCUT2D eigenvalue weighted by Crippen LogP contribution is -2.33. The number of anilines is 1. The molecule has 0 saturated carbocycles. The minimum Gasteiger partial charge on any atom is -0.442 e. The average molecular weight is 469 g/mol. The van der Waals surface area contributed by atoms with Gasteiger partial charge in [0.05, 0.1) is 25.3 Å². The topological polar surface area (TPSA) is 114 Å². The maximum absolute atomic E-state index is 14.9. The monoisotopic (exact) mass is 469 g/mol. The van der Waals surface area contributed by atoms with Crippen molar-refractivity contribution in [1.82, 2.24) is 20.0 Å². The van der Waals surface area contributed by atoms with Gasteiger partial charge in [-0.2, -0.15) is 4.37 Å². The van der Waals surface area contributed by atoms with Gasteiger partial charge in [-0.3, -0.25) is 14.5 Å². The fourth-order valence-corrected chi connectivity index (χ4v) is 3.78. The SMILES string of the molecule is CC(=O)NCC1CN(c2ccc(-c3ccc(C(=O)NCc4ncsn4)cc3)c(F)c2)C(=O)O1. The molecule has 0 aliphatic carbocycles. The lowest BCUT2D eigenvalue weighted by atomic mass is 10.0. The molecule has 3 amide bonds. The van der Waals surface area contributed by atoms with Crippen LogP contribution in [0.15, 0.2) is 48.0 Å². The number of benzene rings is 2. The van der Waals surface area contributed by atoms with Gasteiger partial charge in [-0.15, -0.1) is 0 Å². The Morgan fingerprint density at radius 2 is 2.00 bits per heavy atom. The molecule has 1 atom stereocenters. The van der Waals surface area contributed by atoms with E-state index in [1.165, 1.54) is 29.4 Å². The first-order valence-electron chi connectivity index (χ1n) is 10.1. The maximum atomic E-state index is 14.9. The lowest BCUT2D eigenvalue weighted by Gasteiger charge is -2.14. The van der Waals surface area contributed by atoms with Crippen LogP contribution in [-0.4, -0.2) is 46.5 Å². The van der Waals surface area contributed by atoms with Gasteiger partial charge in [-0.05, 0) is 47.4 Å². The molecule has 4 rings (SSSR count). The maximum Gasteiger partial charge on any atom is 0.414 e. The van der Waals surface area contributed by atoms with Gasteiger partial charge < -0.3 is 15.4 Å². The number of carbonyl (C=O) groups is 3. The summed E-state index contributed by atoms with van der Waals surface area (Å²) >= 11 is 1.21. The second kappa shape index (κ2) is 9.74. The van der Waals surface area contributed by atoms with Crippen molar-refractivity contribution in [3.05, 3.63) is 65.2 Å². The van der Waals surface area contributed by atoms with Crippen molar-refractivity contribution in [2.45, 2.75) is 19.6 Å². The van der Waals surface area contributed by atoms with E-state index in [1.54, 1.807) is 41.9 Å². The van der Waals surface area contributed by atoms with Crippen LogP contribution in [0.3, 0.4) is 0 Å². The van der Waals surface area contributed by atoms with E-state index < -0.39 is 18.0 Å². The molecular weight excluding hydrogens is 449 g/mol. The van der Waals surface area contributed by atoms with Crippen molar-refractivity contribution >= 4 is 35.1 Å². The Balaban J connectivity index is 1.42. The summed E-state index contributed by atoms with van der Waals surface area (Å²) in [6.45, 7) is 2.00. The Hall–Kier alpha value is -3.86. The first-order chi connectivity index (χ1) is 15.9. The zero-order valence-electron chi connectivity index (χ0n) is 17.6. The molecule has 0 bridgehead atoms. The van der Waals surface area contributed by atoms with Crippen LogP contribution >= 0.6 is 11.5 Å². The molecule has 1 unspecified atom stereocenters. The molecule has 1 aliphatic heterocycles. The number of carbonyl (C=O) groups excluding carboxylic acids is 3. The minimum absolute atomic E-state index is 0.193. The average Bonchev–Trinajstić information content (AvgIpc) is 3.45. The third kappa shape index (κ3) is 5.32. The van der Waals surface area contributed by atoms with Gasteiger partial charge in [-0.1, -0.05) is 12.1 Å². The van der Waals surface area contributed by atoms with E-state index in [4.69, 9.17) is 4.74 Å². The van der Waals surface area contributed by atoms with E-state index >= 15 is 0 Å². The van der Waals surface area contributed by atoms with Gasteiger partial charge in [0.15, 0.2) is 5.82 Å². The Bertz CT molecular complexity index is 1170. The lowest BCUT2D eigenvalue weighted by molar-refractivity contribution is -0.119. The number of rotatable bonds is 7. The largest absolute Gasteiger partial charge is 0.442 e. The van der Waals surface area contributed by atoms with Gasteiger partial charge in [0.25, 0.3) is 5.91 Å². The fraction of sp³-hybridized carbons (Fsp3) is 0.227. The molecule has 3 aromatic rings. The van der Waals surface area contributed by atoms with Crippen LogP contribution in [0.4, 0.5) is 14.9 Å². The Kier molecular flexibility index (Phi) is 6.59. The van der Waals surface area contributed by atoms with Crippen molar-refractivity contribution in [2.24, 2.45) is 0 Å². The number of hydrogen-bond donors (Lipinski definition) is 2. The number of amides is 3. The van der Waals surface area contributed by atoms with Crippen LogP contribution in [0.5, 0.6) is 0 Å². The summed E-state index contributed by atoms with van der Waals surface area (Å²) in [7, 11) is 0. The number of ether oxygens (including phenoxy) is 1. The second-order valence-corrected chi connectivity index (χ2v) is 7.93. The molecule has 9 nitrogen and oxygen atoms in total. The van der Waals surface area contributed by atoms with Crippen LogP contribution in [0.1, 0.15) is 23.1 Å². The van der Waals surface area contributed by atoms with Gasteiger partial charge in [0, 0.05) is 18.1 Å². The third-order valence-corrected chi connectivity index (χ3v) is 5.51. The number of cyclic esters (lactones) is 1. The van der Waals surface area contributed by atoms with Crippen molar-refractivity contribution in [3.63, 3.8) is 0 Å². The smallest absolute Gasteiger partial charge is 0.414 e. The third-order valence-electron chi connectivity index (χ3n) is 4.99. The van der Waals surface area contributed by atoms with Crippen LogP contribution < -0.4 is 15.5 Å². The van der Waals surface area contributed by atoms with Crippen molar-refractivity contribution < 1.29 is 23.5 Å². The quantitative estimate of drug-likeness (QED) is 0.550. The number of halogens is 1. The molecule has 2 aromatic carbocycles. The highest BCUT2D eigenvalue weighted by Crippen LogP contribution is 2.29. The second-order valence-electron chi connectivity index (χ2n) is 7.33. The molecule has 0 spiro atoms. The van der Waals surface area contributed by atoms with Gasteiger partial charge in [0.1, 0.15) is 17.4 Å². The highest BCUT2D eigenvalue weighted by molar-refractivity contribution is 7.03. The molecule has 170 valence electrons. The van der Waals surface area contributed by atoms with Gasteiger partial charge >= 0.3 is 6.09 Å². The highest BCUT2D eigenvalue weighted by Gasteiger charge is 2.32. The Morgan fingerprint density at radius 1 is 1.21 bits per heavy atom. The standard InChI is InChI=1S/C22H20FN5O4S/c1-13(29)24-9-17-11-28(22(31)32-17)16-6-7-18(19(23)8-16)14-2-4-15(5-3-14)21(30)25-10-20-26-12-33-27-20/h2-8,12,17H,9-11H2,1H3,(H,24,29)(H,25,30). The summed E-state index contributed by atoms with van der Waals surface area (Å²) in [6, 6.07) is 11.0. The molecule has 0 radical (unpaired) electrons. The van der Waals surface area contributed by atoms with E-state index in [0.29, 0.717) is 28.2 Å². The van der Waals surface area contributed by atoms with Crippen LogP contribution in [0, 0.1) is 5.82 Å². The van der Waals surface area contributed by atoms with Crippen molar-refractivity contribution in [3.8, 4) is 11.1 Å². The van der Waals surface area contributed by atoms with Gasteiger partial charge in [-0.25, -0.2) is 14.2 Å². The highest BCUT2D eigenvalue weighted by atomic mass is 32.1. The summed E-state index contributed by atoms with van der Waals surface area (Å²) in [5.74, 6) is -0.485.